The fraction of sp³-hybridized carbons (Fsp3) is 0.500. The molecule has 1 aliphatic rings. The predicted octanol–water partition coefficient (Wildman–Crippen LogP) is 1.13. The average Bonchev–Trinajstić information content (AvgIpc) is 3.00. The smallest absolute Gasteiger partial charge is 0.0534 e. The maximum Gasteiger partial charge on any atom is 0.0534 e. The third-order valence-corrected chi connectivity index (χ3v) is 3.40. The zero-order chi connectivity index (χ0) is 11.7. The van der Waals surface area contributed by atoms with Crippen molar-refractivity contribution in [2.45, 2.75) is 18.9 Å². The van der Waals surface area contributed by atoms with Gasteiger partial charge in [0.2, 0.25) is 0 Å². The second kappa shape index (κ2) is 4.33. The van der Waals surface area contributed by atoms with Gasteiger partial charge in [-0.15, -0.1) is 0 Å². The number of H-pyrrole nitrogens is 1. The summed E-state index contributed by atoms with van der Waals surface area (Å²) in [7, 11) is 1.96. The molecule has 2 aromatic rings. The minimum absolute atomic E-state index is 0.606. The summed E-state index contributed by atoms with van der Waals surface area (Å²) in [6.45, 7) is 3.26. The molecule has 1 saturated heterocycles. The van der Waals surface area contributed by atoms with E-state index in [1.54, 1.807) is 0 Å². The molecule has 1 atom stereocenters. The summed E-state index contributed by atoms with van der Waals surface area (Å²) in [5.74, 6) is 0.606. The third-order valence-electron chi connectivity index (χ3n) is 3.40. The van der Waals surface area contributed by atoms with Gasteiger partial charge in [-0.1, -0.05) is 0 Å². The number of aromatic amines is 1. The van der Waals surface area contributed by atoms with Crippen LogP contribution in [0.5, 0.6) is 0 Å². The quantitative estimate of drug-likeness (QED) is 0.861. The van der Waals surface area contributed by atoms with E-state index < -0.39 is 0 Å². The molecule has 0 aliphatic carbocycles. The van der Waals surface area contributed by atoms with Crippen LogP contribution in [0, 0.1) is 0 Å². The Labute approximate surface area is 100 Å². The maximum atomic E-state index is 4.20. The normalized spacial score (nSPS) is 21.1. The van der Waals surface area contributed by atoms with E-state index in [9.17, 15) is 0 Å². The van der Waals surface area contributed by atoms with Gasteiger partial charge in [0, 0.05) is 49.7 Å². The van der Waals surface area contributed by atoms with Crippen molar-refractivity contribution < 1.29 is 0 Å². The zero-order valence-electron chi connectivity index (χ0n) is 10.0. The van der Waals surface area contributed by atoms with Gasteiger partial charge in [-0.25, -0.2) is 0 Å². The van der Waals surface area contributed by atoms with Crippen molar-refractivity contribution in [1.82, 2.24) is 24.9 Å². The minimum atomic E-state index is 0.606. The van der Waals surface area contributed by atoms with E-state index >= 15 is 0 Å². The molecule has 2 aromatic heterocycles. The van der Waals surface area contributed by atoms with Gasteiger partial charge in [-0.3, -0.25) is 14.7 Å². The van der Waals surface area contributed by atoms with Crippen molar-refractivity contribution in [1.29, 1.82) is 0 Å². The Morgan fingerprint density at radius 3 is 3.18 bits per heavy atom. The van der Waals surface area contributed by atoms with E-state index in [2.05, 4.69) is 32.5 Å². The second-order valence-corrected chi connectivity index (χ2v) is 4.75. The first-order valence-corrected chi connectivity index (χ1v) is 6.00. The summed E-state index contributed by atoms with van der Waals surface area (Å²) in [5.41, 5.74) is 2.55. The zero-order valence-corrected chi connectivity index (χ0v) is 10.0. The van der Waals surface area contributed by atoms with Gasteiger partial charge in [0.25, 0.3) is 0 Å². The lowest BCUT2D eigenvalue weighted by molar-refractivity contribution is 0.326. The van der Waals surface area contributed by atoms with Crippen molar-refractivity contribution in [2.75, 3.05) is 13.1 Å². The van der Waals surface area contributed by atoms with Gasteiger partial charge in [0.15, 0.2) is 0 Å². The minimum Gasteiger partial charge on any atom is -0.298 e. The molecule has 17 heavy (non-hydrogen) atoms. The molecule has 90 valence electrons. The van der Waals surface area contributed by atoms with Gasteiger partial charge in [0.1, 0.15) is 0 Å². The summed E-state index contributed by atoms with van der Waals surface area (Å²) in [6.07, 6.45) is 7.08. The van der Waals surface area contributed by atoms with Crippen LogP contribution < -0.4 is 0 Å². The molecule has 3 rings (SSSR count). The number of likely N-dealkylation sites (tertiary alicyclic amines) is 1. The van der Waals surface area contributed by atoms with Crippen molar-refractivity contribution in [3.63, 3.8) is 0 Å². The summed E-state index contributed by atoms with van der Waals surface area (Å²) in [4.78, 5) is 2.47. The SMILES string of the molecule is Cn1cc(CN2CCC(c3ccn[nH]3)C2)cn1. The Kier molecular flexibility index (Phi) is 2.68. The molecule has 3 heterocycles. The number of aromatic nitrogens is 4. The molecule has 0 aromatic carbocycles. The fourth-order valence-corrected chi connectivity index (χ4v) is 2.54. The summed E-state index contributed by atoms with van der Waals surface area (Å²) < 4.78 is 1.86. The van der Waals surface area contributed by atoms with Crippen molar-refractivity contribution >= 4 is 0 Å². The number of nitrogens with zero attached hydrogens (tertiary/aromatic N) is 4. The van der Waals surface area contributed by atoms with Crippen LogP contribution in [0.25, 0.3) is 0 Å². The molecule has 0 amide bonds. The molecule has 1 aliphatic heterocycles. The van der Waals surface area contributed by atoms with Crippen LogP contribution in [0.1, 0.15) is 23.6 Å². The van der Waals surface area contributed by atoms with Crippen LogP contribution in [0.2, 0.25) is 0 Å². The van der Waals surface area contributed by atoms with Gasteiger partial charge < -0.3 is 0 Å². The molecule has 0 radical (unpaired) electrons. The van der Waals surface area contributed by atoms with Crippen LogP contribution in [-0.4, -0.2) is 38.0 Å². The van der Waals surface area contributed by atoms with E-state index in [0.29, 0.717) is 5.92 Å². The molecule has 0 spiro atoms. The van der Waals surface area contributed by atoms with Gasteiger partial charge in [-0.2, -0.15) is 10.2 Å². The molecule has 1 N–H and O–H groups in total. The standard InChI is InChI=1S/C12H17N5/c1-16-7-10(6-14-16)8-17-5-3-11(9-17)12-2-4-13-15-12/h2,4,6-7,11H,3,5,8-9H2,1H3,(H,13,15). The number of rotatable bonds is 3. The molecule has 1 unspecified atom stereocenters. The van der Waals surface area contributed by atoms with E-state index in [-0.39, 0.29) is 0 Å². The molecule has 5 heteroatoms. The van der Waals surface area contributed by atoms with Gasteiger partial charge >= 0.3 is 0 Å². The van der Waals surface area contributed by atoms with Crippen molar-refractivity contribution in [3.05, 3.63) is 35.9 Å². The summed E-state index contributed by atoms with van der Waals surface area (Å²) in [5, 5.41) is 11.3. The lowest BCUT2D eigenvalue weighted by Crippen LogP contribution is -2.19. The van der Waals surface area contributed by atoms with E-state index in [0.717, 1.165) is 19.6 Å². The number of hydrogen-bond acceptors (Lipinski definition) is 3. The molecule has 5 nitrogen and oxygen atoms in total. The molecule has 1 fully saturated rings. The lowest BCUT2D eigenvalue weighted by Gasteiger charge is -2.14. The highest BCUT2D eigenvalue weighted by molar-refractivity contribution is 5.10. The van der Waals surface area contributed by atoms with E-state index in [1.807, 2.05) is 24.1 Å². The number of hydrogen-bond donors (Lipinski definition) is 1. The van der Waals surface area contributed by atoms with Crippen LogP contribution in [0.3, 0.4) is 0 Å². The Morgan fingerprint density at radius 1 is 1.53 bits per heavy atom. The number of nitrogens with one attached hydrogen (secondary N) is 1. The Balaban J connectivity index is 1.61. The van der Waals surface area contributed by atoms with Gasteiger partial charge in [-0.05, 0) is 19.0 Å². The van der Waals surface area contributed by atoms with Crippen LogP contribution in [0.4, 0.5) is 0 Å². The van der Waals surface area contributed by atoms with E-state index in [4.69, 9.17) is 0 Å². The molecular formula is C12H17N5. The Morgan fingerprint density at radius 2 is 2.47 bits per heavy atom. The Hall–Kier alpha value is -1.62. The van der Waals surface area contributed by atoms with Crippen LogP contribution >= 0.6 is 0 Å². The first-order chi connectivity index (χ1) is 8.31. The molecule has 0 bridgehead atoms. The van der Waals surface area contributed by atoms with Gasteiger partial charge in [0.05, 0.1) is 6.20 Å². The van der Waals surface area contributed by atoms with Crippen molar-refractivity contribution in [3.8, 4) is 0 Å². The maximum absolute atomic E-state index is 4.20. The van der Waals surface area contributed by atoms with Crippen molar-refractivity contribution in [2.24, 2.45) is 7.05 Å². The predicted molar refractivity (Wildman–Crippen MR) is 64.4 cm³/mol. The highest BCUT2D eigenvalue weighted by Gasteiger charge is 2.24. The highest BCUT2D eigenvalue weighted by atomic mass is 15.2. The molecular weight excluding hydrogens is 214 g/mol. The third kappa shape index (κ3) is 2.24. The monoisotopic (exact) mass is 231 g/mol. The lowest BCUT2D eigenvalue weighted by atomic mass is 10.1. The topological polar surface area (TPSA) is 49.7 Å². The average molecular weight is 231 g/mol. The molecule has 0 saturated carbocycles. The van der Waals surface area contributed by atoms with Crippen LogP contribution in [-0.2, 0) is 13.6 Å². The van der Waals surface area contributed by atoms with Crippen LogP contribution in [0.15, 0.2) is 24.7 Å². The first kappa shape index (κ1) is 10.5. The Bertz CT molecular complexity index is 473. The fourth-order valence-electron chi connectivity index (χ4n) is 2.54. The second-order valence-electron chi connectivity index (χ2n) is 4.75. The summed E-state index contributed by atoms with van der Waals surface area (Å²) >= 11 is 0. The largest absolute Gasteiger partial charge is 0.298 e. The highest BCUT2D eigenvalue weighted by Crippen LogP contribution is 2.26. The van der Waals surface area contributed by atoms with E-state index in [1.165, 1.54) is 17.7 Å². The summed E-state index contributed by atoms with van der Waals surface area (Å²) in [6, 6.07) is 2.08. The first-order valence-electron chi connectivity index (χ1n) is 6.00. The number of aryl methyl sites for hydroxylation is 1.